The molecule has 2 nitrogen and oxygen atoms in total. The lowest BCUT2D eigenvalue weighted by Gasteiger charge is -2.23. The predicted molar refractivity (Wildman–Crippen MR) is 79.6 cm³/mol. The maximum atomic E-state index is 13.2. The van der Waals surface area contributed by atoms with Crippen LogP contribution in [0.2, 0.25) is 0 Å². The van der Waals surface area contributed by atoms with Crippen molar-refractivity contribution < 1.29 is 13.2 Å². The van der Waals surface area contributed by atoms with Crippen LogP contribution in [0, 0.1) is 0 Å². The van der Waals surface area contributed by atoms with Gasteiger partial charge in [-0.25, -0.2) is 0 Å². The van der Waals surface area contributed by atoms with Crippen LogP contribution < -0.4 is 10.2 Å². The summed E-state index contributed by atoms with van der Waals surface area (Å²) in [4.78, 5) is 1.89. The monoisotopic (exact) mass is 294 g/mol. The van der Waals surface area contributed by atoms with Crippen molar-refractivity contribution in [1.29, 1.82) is 0 Å². The van der Waals surface area contributed by atoms with Crippen LogP contribution in [0.15, 0.2) is 54.6 Å². The molecule has 2 aromatic rings. The van der Waals surface area contributed by atoms with E-state index in [0.717, 1.165) is 5.69 Å². The second kappa shape index (κ2) is 6.08. The number of benzene rings is 2. The highest BCUT2D eigenvalue weighted by Crippen LogP contribution is 2.35. The van der Waals surface area contributed by atoms with Gasteiger partial charge in [-0.15, -0.1) is 0 Å². The molecule has 5 heteroatoms. The van der Waals surface area contributed by atoms with Crippen LogP contribution in [0.3, 0.4) is 0 Å². The molecule has 0 heterocycles. The fraction of sp³-hybridized carbons (Fsp3) is 0.250. The lowest BCUT2D eigenvalue weighted by molar-refractivity contribution is -0.144. The Morgan fingerprint density at radius 1 is 0.905 bits per heavy atom. The first-order chi connectivity index (χ1) is 9.88. The molecule has 0 spiro atoms. The highest BCUT2D eigenvalue weighted by atomic mass is 19.4. The van der Waals surface area contributed by atoms with Gasteiger partial charge in [-0.1, -0.05) is 30.3 Å². The number of anilines is 2. The number of halogens is 3. The van der Waals surface area contributed by atoms with Gasteiger partial charge in [-0.05, 0) is 29.8 Å². The molecule has 0 aliphatic heterocycles. The lowest BCUT2D eigenvalue weighted by atomic mass is 10.1. The quantitative estimate of drug-likeness (QED) is 0.895. The molecule has 2 aromatic carbocycles. The third kappa shape index (κ3) is 3.90. The number of alkyl halides is 3. The van der Waals surface area contributed by atoms with Crippen LogP contribution in [0.4, 0.5) is 24.5 Å². The van der Waals surface area contributed by atoms with Crippen molar-refractivity contribution in [3.05, 3.63) is 60.2 Å². The summed E-state index contributed by atoms with van der Waals surface area (Å²) < 4.78 is 39.7. The lowest BCUT2D eigenvalue weighted by Crippen LogP contribution is -2.27. The second-order valence-corrected chi connectivity index (χ2v) is 4.97. The zero-order valence-electron chi connectivity index (χ0n) is 11.9. The van der Waals surface area contributed by atoms with Gasteiger partial charge in [0, 0.05) is 25.5 Å². The van der Waals surface area contributed by atoms with Crippen LogP contribution in [-0.2, 0) is 0 Å². The molecule has 0 aromatic heterocycles. The Morgan fingerprint density at radius 2 is 1.48 bits per heavy atom. The van der Waals surface area contributed by atoms with E-state index in [0.29, 0.717) is 5.69 Å². The van der Waals surface area contributed by atoms with Crippen molar-refractivity contribution >= 4 is 11.4 Å². The van der Waals surface area contributed by atoms with Crippen LogP contribution in [0.1, 0.15) is 11.6 Å². The molecule has 0 saturated heterocycles. The minimum absolute atomic E-state index is 0.196. The van der Waals surface area contributed by atoms with Crippen molar-refractivity contribution in [3.8, 4) is 0 Å². The van der Waals surface area contributed by atoms with Crippen molar-refractivity contribution in [2.24, 2.45) is 0 Å². The molecule has 0 aliphatic rings. The Kier molecular flexibility index (Phi) is 4.40. The second-order valence-electron chi connectivity index (χ2n) is 4.97. The Labute approximate surface area is 122 Å². The summed E-state index contributed by atoms with van der Waals surface area (Å²) in [6, 6.07) is 13.0. The third-order valence-corrected chi connectivity index (χ3v) is 3.15. The van der Waals surface area contributed by atoms with Crippen molar-refractivity contribution in [3.63, 3.8) is 0 Å². The zero-order valence-corrected chi connectivity index (χ0v) is 11.9. The number of nitrogens with one attached hydrogen (secondary N) is 1. The van der Waals surface area contributed by atoms with Crippen LogP contribution in [0.25, 0.3) is 0 Å². The molecular formula is C16H17F3N2. The van der Waals surface area contributed by atoms with Crippen molar-refractivity contribution in [2.45, 2.75) is 12.2 Å². The van der Waals surface area contributed by atoms with Crippen LogP contribution in [0.5, 0.6) is 0 Å². The molecule has 1 atom stereocenters. The van der Waals surface area contributed by atoms with Crippen LogP contribution >= 0.6 is 0 Å². The van der Waals surface area contributed by atoms with Crippen molar-refractivity contribution in [2.75, 3.05) is 24.3 Å². The predicted octanol–water partition coefficient (Wildman–Crippen LogP) is 4.47. The molecule has 21 heavy (non-hydrogen) atoms. The van der Waals surface area contributed by atoms with Gasteiger partial charge in [0.2, 0.25) is 0 Å². The molecule has 1 N–H and O–H groups in total. The summed E-state index contributed by atoms with van der Waals surface area (Å²) in [5.74, 6) is 0. The number of hydrogen-bond acceptors (Lipinski definition) is 2. The Morgan fingerprint density at radius 3 is 1.95 bits per heavy atom. The summed E-state index contributed by atoms with van der Waals surface area (Å²) in [7, 11) is 3.76. The first-order valence-electron chi connectivity index (χ1n) is 6.53. The average molecular weight is 294 g/mol. The summed E-state index contributed by atoms with van der Waals surface area (Å²) >= 11 is 0. The van der Waals surface area contributed by atoms with Gasteiger partial charge < -0.3 is 10.2 Å². The standard InChI is InChI=1S/C16H17F3N2/c1-21(2)14-10-8-13(9-11-14)20-15(16(17,18)19)12-6-4-3-5-7-12/h3-11,15,20H,1-2H3. The van der Waals surface area contributed by atoms with Crippen molar-refractivity contribution in [1.82, 2.24) is 0 Å². The minimum atomic E-state index is -4.36. The molecule has 1 unspecified atom stereocenters. The molecular weight excluding hydrogens is 277 g/mol. The fourth-order valence-corrected chi connectivity index (χ4v) is 2.02. The van der Waals surface area contributed by atoms with Gasteiger partial charge in [0.25, 0.3) is 0 Å². The van der Waals surface area contributed by atoms with Gasteiger partial charge in [0.05, 0.1) is 0 Å². The number of hydrogen-bond donors (Lipinski definition) is 1. The summed E-state index contributed by atoms with van der Waals surface area (Å²) in [6.45, 7) is 0. The molecule has 0 saturated carbocycles. The average Bonchev–Trinajstić information content (AvgIpc) is 2.45. The third-order valence-electron chi connectivity index (χ3n) is 3.15. The van der Waals surface area contributed by atoms with E-state index >= 15 is 0 Å². The first kappa shape index (κ1) is 15.2. The highest BCUT2D eigenvalue weighted by Gasteiger charge is 2.40. The summed E-state index contributed by atoms with van der Waals surface area (Å²) in [5, 5.41) is 2.56. The fourth-order valence-electron chi connectivity index (χ4n) is 2.02. The Hall–Kier alpha value is -2.17. The SMILES string of the molecule is CN(C)c1ccc(NC(c2ccccc2)C(F)(F)F)cc1. The topological polar surface area (TPSA) is 15.3 Å². The Balaban J connectivity index is 2.24. The van der Waals surface area contributed by atoms with Gasteiger partial charge >= 0.3 is 6.18 Å². The molecule has 0 fully saturated rings. The molecule has 0 amide bonds. The molecule has 112 valence electrons. The first-order valence-corrected chi connectivity index (χ1v) is 6.53. The van der Waals surface area contributed by atoms with Gasteiger partial charge in [-0.2, -0.15) is 13.2 Å². The van der Waals surface area contributed by atoms with E-state index in [1.165, 1.54) is 12.1 Å². The van der Waals surface area contributed by atoms with E-state index in [4.69, 9.17) is 0 Å². The Bertz CT molecular complexity index is 562. The van der Waals surface area contributed by atoms with Gasteiger partial charge in [0.1, 0.15) is 6.04 Å². The number of nitrogens with zero attached hydrogens (tertiary/aromatic N) is 1. The molecule has 0 aliphatic carbocycles. The number of rotatable bonds is 4. The van der Waals surface area contributed by atoms with E-state index in [2.05, 4.69) is 5.32 Å². The summed E-state index contributed by atoms with van der Waals surface area (Å²) in [6.07, 6.45) is -4.36. The maximum Gasteiger partial charge on any atom is 0.412 e. The van der Waals surface area contributed by atoms with Crippen LogP contribution in [-0.4, -0.2) is 20.3 Å². The zero-order chi connectivity index (χ0) is 15.5. The van der Waals surface area contributed by atoms with E-state index in [1.54, 1.807) is 42.5 Å². The van der Waals surface area contributed by atoms with E-state index in [1.807, 2.05) is 19.0 Å². The largest absolute Gasteiger partial charge is 0.412 e. The van der Waals surface area contributed by atoms with E-state index in [9.17, 15) is 13.2 Å². The normalized spacial score (nSPS) is 12.8. The van der Waals surface area contributed by atoms with E-state index < -0.39 is 12.2 Å². The summed E-state index contributed by atoms with van der Waals surface area (Å²) in [5.41, 5.74) is 1.57. The molecule has 0 bridgehead atoms. The molecule has 2 rings (SSSR count). The van der Waals surface area contributed by atoms with Gasteiger partial charge in [0.15, 0.2) is 0 Å². The highest BCUT2D eigenvalue weighted by molar-refractivity contribution is 5.55. The minimum Gasteiger partial charge on any atom is -0.378 e. The van der Waals surface area contributed by atoms with Gasteiger partial charge in [-0.3, -0.25) is 0 Å². The van der Waals surface area contributed by atoms with E-state index in [-0.39, 0.29) is 5.56 Å². The smallest absolute Gasteiger partial charge is 0.378 e. The molecule has 0 radical (unpaired) electrons. The maximum absolute atomic E-state index is 13.2.